The summed E-state index contributed by atoms with van der Waals surface area (Å²) < 4.78 is 12.5. The number of nitrogens with one attached hydrogen (secondary N) is 1. The predicted molar refractivity (Wildman–Crippen MR) is 133 cm³/mol. The van der Waals surface area contributed by atoms with Crippen LogP contribution >= 0.6 is 0 Å². The van der Waals surface area contributed by atoms with Crippen LogP contribution in [0.15, 0.2) is 53.3 Å². The lowest BCUT2D eigenvalue weighted by Crippen LogP contribution is -2.18. The number of ether oxygens (including phenoxy) is 2. The summed E-state index contributed by atoms with van der Waals surface area (Å²) in [5, 5.41) is 4.81. The van der Waals surface area contributed by atoms with Crippen LogP contribution in [0.1, 0.15) is 61.1 Å². The highest BCUT2D eigenvalue weighted by Crippen LogP contribution is 2.28. The van der Waals surface area contributed by atoms with E-state index in [-0.39, 0.29) is 11.5 Å². The molecule has 4 rings (SSSR count). The Morgan fingerprint density at radius 2 is 1.79 bits per heavy atom. The molecule has 0 aliphatic rings. The standard InChI is InChI=1S/C27H32N4O3/c1-5-21-25-27(32)29-24(17-20-14-15-22(33-3)23(16-20)34-4)30-31(25)26(28-21)18(2)10-9-13-19-11-7-6-8-12-19/h6-8,11-12,14-16,18H,5,9-10,13,17H2,1-4H3,(H,29,30,32). The summed E-state index contributed by atoms with van der Waals surface area (Å²) in [5.74, 6) is 2.92. The predicted octanol–water partition coefficient (Wildman–Crippen LogP) is 4.71. The highest BCUT2D eigenvalue weighted by atomic mass is 16.5. The monoisotopic (exact) mass is 460 g/mol. The van der Waals surface area contributed by atoms with E-state index in [1.807, 2.05) is 31.2 Å². The van der Waals surface area contributed by atoms with Crippen molar-refractivity contribution in [2.45, 2.75) is 51.9 Å². The van der Waals surface area contributed by atoms with Gasteiger partial charge >= 0.3 is 0 Å². The van der Waals surface area contributed by atoms with Crippen LogP contribution in [0.25, 0.3) is 5.52 Å². The van der Waals surface area contributed by atoms with Crippen LogP contribution in [0.3, 0.4) is 0 Å². The molecule has 7 nitrogen and oxygen atoms in total. The fourth-order valence-corrected chi connectivity index (χ4v) is 4.35. The van der Waals surface area contributed by atoms with Crippen LogP contribution in [-0.4, -0.2) is 33.8 Å². The van der Waals surface area contributed by atoms with Gasteiger partial charge in [0.15, 0.2) is 17.0 Å². The van der Waals surface area contributed by atoms with Gasteiger partial charge in [0.05, 0.1) is 19.9 Å². The fourth-order valence-electron chi connectivity index (χ4n) is 4.35. The summed E-state index contributed by atoms with van der Waals surface area (Å²) in [4.78, 5) is 20.8. The van der Waals surface area contributed by atoms with Gasteiger partial charge in [-0.15, -0.1) is 0 Å². The zero-order valence-electron chi connectivity index (χ0n) is 20.3. The van der Waals surface area contributed by atoms with E-state index in [0.717, 1.165) is 36.3 Å². The second kappa shape index (κ2) is 10.5. The molecule has 0 fully saturated rings. The van der Waals surface area contributed by atoms with Gasteiger partial charge < -0.3 is 14.5 Å². The summed E-state index contributed by atoms with van der Waals surface area (Å²) in [6.07, 6.45) is 4.18. The molecule has 0 amide bonds. The fraction of sp³-hybridized carbons (Fsp3) is 0.370. The number of rotatable bonds is 10. The van der Waals surface area contributed by atoms with E-state index in [1.165, 1.54) is 5.56 Å². The molecule has 2 aromatic carbocycles. The Morgan fingerprint density at radius 3 is 2.50 bits per heavy atom. The molecule has 34 heavy (non-hydrogen) atoms. The van der Waals surface area contributed by atoms with E-state index in [2.05, 4.69) is 36.2 Å². The van der Waals surface area contributed by atoms with E-state index in [1.54, 1.807) is 18.7 Å². The van der Waals surface area contributed by atoms with Gasteiger partial charge in [-0.25, -0.2) is 9.50 Å². The smallest absolute Gasteiger partial charge is 0.277 e. The highest BCUT2D eigenvalue weighted by molar-refractivity contribution is 5.51. The van der Waals surface area contributed by atoms with Gasteiger partial charge in [-0.1, -0.05) is 50.2 Å². The highest BCUT2D eigenvalue weighted by Gasteiger charge is 2.20. The Balaban J connectivity index is 1.61. The van der Waals surface area contributed by atoms with E-state index < -0.39 is 0 Å². The molecule has 1 atom stereocenters. The molecule has 4 aromatic rings. The molecule has 0 bridgehead atoms. The number of hydrogen-bond donors (Lipinski definition) is 1. The van der Waals surface area contributed by atoms with Gasteiger partial charge in [0.25, 0.3) is 5.56 Å². The van der Waals surface area contributed by atoms with Gasteiger partial charge in [-0.3, -0.25) is 4.79 Å². The first-order chi connectivity index (χ1) is 16.5. The number of aromatic amines is 1. The maximum Gasteiger partial charge on any atom is 0.277 e. The number of nitrogens with zero attached hydrogens (tertiary/aromatic N) is 3. The van der Waals surface area contributed by atoms with Crippen molar-refractivity contribution >= 4 is 5.52 Å². The normalized spacial score (nSPS) is 12.1. The minimum absolute atomic E-state index is 0.155. The van der Waals surface area contributed by atoms with Gasteiger partial charge in [0, 0.05) is 12.3 Å². The van der Waals surface area contributed by atoms with Crippen molar-refractivity contribution in [2.75, 3.05) is 14.2 Å². The first-order valence-electron chi connectivity index (χ1n) is 11.8. The number of imidazole rings is 1. The lowest BCUT2D eigenvalue weighted by atomic mass is 10.0. The molecule has 1 N–H and O–H groups in total. The van der Waals surface area contributed by atoms with Crippen molar-refractivity contribution in [1.29, 1.82) is 0 Å². The molecular formula is C27H32N4O3. The zero-order valence-corrected chi connectivity index (χ0v) is 20.3. The number of hydrogen-bond acceptors (Lipinski definition) is 5. The van der Waals surface area contributed by atoms with E-state index >= 15 is 0 Å². The second-order valence-electron chi connectivity index (χ2n) is 8.58. The van der Waals surface area contributed by atoms with Crippen LogP contribution in [0.2, 0.25) is 0 Å². The van der Waals surface area contributed by atoms with E-state index in [4.69, 9.17) is 19.6 Å². The summed E-state index contributed by atoms with van der Waals surface area (Å²) in [7, 11) is 3.22. The Hall–Kier alpha value is -3.61. The van der Waals surface area contributed by atoms with Crippen molar-refractivity contribution in [3.8, 4) is 11.5 Å². The SMILES string of the molecule is CCc1nc(C(C)CCCc2ccccc2)n2nc(Cc3ccc(OC)c(OC)c3)[nH]c(=O)c12. The summed E-state index contributed by atoms with van der Waals surface area (Å²) in [6, 6.07) is 16.2. The Bertz CT molecular complexity index is 1310. The molecule has 0 aliphatic carbocycles. The Kier molecular flexibility index (Phi) is 7.30. The zero-order chi connectivity index (χ0) is 24.1. The molecule has 0 radical (unpaired) electrons. The molecule has 2 heterocycles. The average Bonchev–Trinajstić information content (AvgIpc) is 3.24. The third kappa shape index (κ3) is 4.98. The number of aryl methyl sites for hydroxylation is 2. The van der Waals surface area contributed by atoms with Gasteiger partial charge in [-0.2, -0.15) is 5.10 Å². The minimum Gasteiger partial charge on any atom is -0.493 e. The number of benzene rings is 2. The van der Waals surface area contributed by atoms with Crippen molar-refractivity contribution < 1.29 is 9.47 Å². The lowest BCUT2D eigenvalue weighted by Gasteiger charge is -2.11. The van der Waals surface area contributed by atoms with Crippen LogP contribution < -0.4 is 15.0 Å². The number of fused-ring (bicyclic) bond motifs is 1. The van der Waals surface area contributed by atoms with Gasteiger partial charge in [-0.05, 0) is 48.9 Å². The molecular weight excluding hydrogens is 428 g/mol. The molecule has 0 saturated carbocycles. The molecule has 1 unspecified atom stereocenters. The first-order valence-corrected chi connectivity index (χ1v) is 11.8. The number of methoxy groups -OCH3 is 2. The molecule has 0 spiro atoms. The second-order valence-corrected chi connectivity index (χ2v) is 8.58. The summed E-state index contributed by atoms with van der Waals surface area (Å²) in [5.41, 5.74) is 3.48. The number of H-pyrrole nitrogens is 1. The third-order valence-corrected chi connectivity index (χ3v) is 6.19. The molecule has 0 saturated heterocycles. The minimum atomic E-state index is -0.155. The molecule has 7 heteroatoms. The van der Waals surface area contributed by atoms with E-state index in [0.29, 0.717) is 35.7 Å². The van der Waals surface area contributed by atoms with E-state index in [9.17, 15) is 4.79 Å². The molecule has 2 aromatic heterocycles. The van der Waals surface area contributed by atoms with Crippen molar-refractivity contribution in [3.05, 3.63) is 87.4 Å². The quantitative estimate of drug-likeness (QED) is 0.371. The van der Waals surface area contributed by atoms with Gasteiger partial charge in [0.1, 0.15) is 11.6 Å². The Labute approximate surface area is 199 Å². The maximum atomic E-state index is 13.0. The lowest BCUT2D eigenvalue weighted by molar-refractivity contribution is 0.354. The van der Waals surface area contributed by atoms with Crippen molar-refractivity contribution in [1.82, 2.24) is 19.6 Å². The largest absolute Gasteiger partial charge is 0.493 e. The van der Waals surface area contributed by atoms with Crippen LogP contribution in [0, 0.1) is 0 Å². The summed E-state index contributed by atoms with van der Waals surface area (Å²) >= 11 is 0. The molecule has 178 valence electrons. The summed E-state index contributed by atoms with van der Waals surface area (Å²) in [6.45, 7) is 4.18. The first kappa shape index (κ1) is 23.5. The van der Waals surface area contributed by atoms with Crippen molar-refractivity contribution in [2.24, 2.45) is 0 Å². The maximum absolute atomic E-state index is 13.0. The van der Waals surface area contributed by atoms with Crippen LogP contribution in [-0.2, 0) is 19.3 Å². The number of aromatic nitrogens is 4. The van der Waals surface area contributed by atoms with Crippen LogP contribution in [0.5, 0.6) is 11.5 Å². The topological polar surface area (TPSA) is 81.5 Å². The molecule has 0 aliphatic heterocycles. The average molecular weight is 461 g/mol. The van der Waals surface area contributed by atoms with Crippen LogP contribution in [0.4, 0.5) is 0 Å². The van der Waals surface area contributed by atoms with Crippen molar-refractivity contribution in [3.63, 3.8) is 0 Å². The Morgan fingerprint density at radius 1 is 1.03 bits per heavy atom. The third-order valence-electron chi connectivity index (χ3n) is 6.19. The van der Waals surface area contributed by atoms with Gasteiger partial charge in [0.2, 0.25) is 0 Å².